The van der Waals surface area contributed by atoms with E-state index >= 15 is 0 Å². The third kappa shape index (κ3) is 3.59. The number of methoxy groups -OCH3 is 1. The minimum atomic E-state index is -0.395. The van der Waals surface area contributed by atoms with Crippen LogP contribution in [0.25, 0.3) is 0 Å². The van der Waals surface area contributed by atoms with Crippen LogP contribution in [0.4, 0.5) is 10.1 Å². The predicted molar refractivity (Wildman–Crippen MR) is 87.9 cm³/mol. The molecule has 1 saturated heterocycles. The monoisotopic (exact) mass is 334 g/mol. The standard InChI is InChI=1S/C18H23FN2O3/c1-24-18(23)16-9-12-5-2-3-8-15(12)21(16)11-17(22)20-14-7-4-6-13(19)10-14/h4,6-7,10,12,15-16H,2-3,5,8-9,11H2,1H3,(H,20,22)/t12-,15+,16+/m1/s1. The summed E-state index contributed by atoms with van der Waals surface area (Å²) in [5, 5.41) is 2.71. The molecule has 1 saturated carbocycles. The number of esters is 1. The van der Waals surface area contributed by atoms with Crippen LogP contribution in [0, 0.1) is 11.7 Å². The summed E-state index contributed by atoms with van der Waals surface area (Å²) in [4.78, 5) is 26.5. The highest BCUT2D eigenvalue weighted by Crippen LogP contribution is 2.39. The van der Waals surface area contributed by atoms with E-state index in [0.717, 1.165) is 25.7 Å². The van der Waals surface area contributed by atoms with Crippen molar-refractivity contribution in [3.05, 3.63) is 30.1 Å². The number of anilines is 1. The lowest BCUT2D eigenvalue weighted by molar-refractivity contribution is -0.146. The van der Waals surface area contributed by atoms with E-state index in [2.05, 4.69) is 5.32 Å². The summed E-state index contributed by atoms with van der Waals surface area (Å²) >= 11 is 0. The van der Waals surface area contributed by atoms with Crippen LogP contribution in [0.1, 0.15) is 32.1 Å². The topological polar surface area (TPSA) is 58.6 Å². The molecule has 0 unspecified atom stereocenters. The molecule has 1 heterocycles. The quantitative estimate of drug-likeness (QED) is 0.860. The molecule has 24 heavy (non-hydrogen) atoms. The summed E-state index contributed by atoms with van der Waals surface area (Å²) in [5.41, 5.74) is 0.425. The van der Waals surface area contributed by atoms with Crippen LogP contribution >= 0.6 is 0 Å². The number of fused-ring (bicyclic) bond motifs is 1. The zero-order valence-corrected chi connectivity index (χ0v) is 13.8. The van der Waals surface area contributed by atoms with E-state index in [1.165, 1.54) is 25.7 Å². The molecule has 0 bridgehead atoms. The fourth-order valence-corrected chi connectivity index (χ4v) is 4.08. The van der Waals surface area contributed by atoms with Gasteiger partial charge in [-0.1, -0.05) is 18.9 Å². The number of benzene rings is 1. The van der Waals surface area contributed by atoms with Gasteiger partial charge in [0.15, 0.2) is 0 Å². The first kappa shape index (κ1) is 16.9. The number of halogens is 1. The van der Waals surface area contributed by atoms with Crippen LogP contribution in [-0.4, -0.2) is 42.5 Å². The zero-order valence-electron chi connectivity index (χ0n) is 13.8. The number of rotatable bonds is 4. The van der Waals surface area contributed by atoms with Crippen molar-refractivity contribution in [1.29, 1.82) is 0 Å². The van der Waals surface area contributed by atoms with Crippen LogP contribution in [-0.2, 0) is 14.3 Å². The van der Waals surface area contributed by atoms with Gasteiger partial charge in [-0.05, 0) is 43.4 Å². The first-order valence-corrected chi connectivity index (χ1v) is 8.47. The van der Waals surface area contributed by atoms with Gasteiger partial charge in [-0.25, -0.2) is 4.39 Å². The molecule has 1 amide bonds. The number of carbonyl (C=O) groups excluding carboxylic acids is 2. The number of likely N-dealkylation sites (tertiary alicyclic amines) is 1. The summed E-state index contributed by atoms with van der Waals surface area (Å²) in [6.07, 6.45) is 5.16. The summed E-state index contributed by atoms with van der Waals surface area (Å²) in [7, 11) is 1.38. The number of amides is 1. The van der Waals surface area contributed by atoms with Gasteiger partial charge in [0.2, 0.25) is 5.91 Å². The van der Waals surface area contributed by atoms with E-state index in [4.69, 9.17) is 4.74 Å². The van der Waals surface area contributed by atoms with Gasteiger partial charge in [0, 0.05) is 11.7 Å². The molecule has 6 heteroatoms. The second-order valence-corrected chi connectivity index (χ2v) is 6.62. The molecule has 130 valence electrons. The Labute approximate surface area is 141 Å². The van der Waals surface area contributed by atoms with E-state index in [0.29, 0.717) is 11.6 Å². The lowest BCUT2D eigenvalue weighted by atomic mass is 9.85. The van der Waals surface area contributed by atoms with Gasteiger partial charge >= 0.3 is 5.97 Å². The smallest absolute Gasteiger partial charge is 0.323 e. The van der Waals surface area contributed by atoms with Gasteiger partial charge in [-0.3, -0.25) is 14.5 Å². The van der Waals surface area contributed by atoms with Crippen LogP contribution in [0.15, 0.2) is 24.3 Å². The van der Waals surface area contributed by atoms with Crippen molar-refractivity contribution >= 4 is 17.6 Å². The second-order valence-electron chi connectivity index (χ2n) is 6.62. The average Bonchev–Trinajstić information content (AvgIpc) is 2.93. The fraction of sp³-hybridized carbons (Fsp3) is 0.556. The molecular weight excluding hydrogens is 311 g/mol. The number of nitrogens with one attached hydrogen (secondary N) is 1. The molecule has 1 N–H and O–H groups in total. The Hall–Kier alpha value is -1.95. The molecule has 2 fully saturated rings. The van der Waals surface area contributed by atoms with Crippen molar-refractivity contribution in [3.8, 4) is 0 Å². The summed E-state index contributed by atoms with van der Waals surface area (Å²) in [6, 6.07) is 5.70. The maximum absolute atomic E-state index is 13.2. The molecule has 0 aromatic heterocycles. The van der Waals surface area contributed by atoms with Crippen molar-refractivity contribution in [2.24, 2.45) is 5.92 Å². The Kier molecular flexibility index (Phi) is 5.14. The molecule has 0 spiro atoms. The van der Waals surface area contributed by atoms with Gasteiger partial charge in [0.05, 0.1) is 13.7 Å². The first-order valence-electron chi connectivity index (χ1n) is 8.47. The number of nitrogens with zero attached hydrogens (tertiary/aromatic N) is 1. The summed E-state index contributed by atoms with van der Waals surface area (Å²) in [5.74, 6) is -0.456. The largest absolute Gasteiger partial charge is 0.468 e. The highest BCUT2D eigenvalue weighted by molar-refractivity contribution is 5.92. The van der Waals surface area contributed by atoms with E-state index in [1.54, 1.807) is 12.1 Å². The fourth-order valence-electron chi connectivity index (χ4n) is 4.08. The summed E-state index contributed by atoms with van der Waals surface area (Å²) in [6.45, 7) is 0.122. The Morgan fingerprint density at radius 1 is 1.33 bits per heavy atom. The molecule has 2 aliphatic rings. The number of hydrogen-bond donors (Lipinski definition) is 1. The van der Waals surface area contributed by atoms with Crippen LogP contribution < -0.4 is 5.32 Å². The van der Waals surface area contributed by atoms with Crippen molar-refractivity contribution in [3.63, 3.8) is 0 Å². The molecular formula is C18H23FN2O3. The second kappa shape index (κ2) is 7.30. The van der Waals surface area contributed by atoms with E-state index in [-0.39, 0.29) is 30.5 Å². The number of hydrogen-bond acceptors (Lipinski definition) is 4. The average molecular weight is 334 g/mol. The van der Waals surface area contributed by atoms with Crippen molar-refractivity contribution in [2.45, 2.75) is 44.2 Å². The van der Waals surface area contributed by atoms with Crippen LogP contribution in [0.3, 0.4) is 0 Å². The number of carbonyl (C=O) groups is 2. The number of ether oxygens (including phenoxy) is 1. The SMILES string of the molecule is COC(=O)[C@@H]1C[C@H]2CCCC[C@@H]2N1CC(=O)Nc1cccc(F)c1. The molecule has 1 aromatic carbocycles. The van der Waals surface area contributed by atoms with Gasteiger partial charge < -0.3 is 10.1 Å². The molecule has 0 radical (unpaired) electrons. The highest BCUT2D eigenvalue weighted by atomic mass is 19.1. The Morgan fingerprint density at radius 2 is 2.12 bits per heavy atom. The summed E-state index contributed by atoms with van der Waals surface area (Å²) < 4.78 is 18.2. The maximum Gasteiger partial charge on any atom is 0.323 e. The maximum atomic E-state index is 13.2. The minimum Gasteiger partial charge on any atom is -0.468 e. The zero-order chi connectivity index (χ0) is 17.1. The molecule has 3 atom stereocenters. The van der Waals surface area contributed by atoms with Gasteiger partial charge in [-0.2, -0.15) is 0 Å². The van der Waals surface area contributed by atoms with Crippen LogP contribution in [0.5, 0.6) is 0 Å². The van der Waals surface area contributed by atoms with Gasteiger partial charge in [-0.15, -0.1) is 0 Å². The van der Waals surface area contributed by atoms with E-state index in [9.17, 15) is 14.0 Å². The Balaban J connectivity index is 1.70. The molecule has 1 aliphatic heterocycles. The Morgan fingerprint density at radius 3 is 2.88 bits per heavy atom. The Bertz CT molecular complexity index is 622. The molecule has 5 nitrogen and oxygen atoms in total. The van der Waals surface area contributed by atoms with Crippen molar-refractivity contribution in [1.82, 2.24) is 4.90 Å². The van der Waals surface area contributed by atoms with Gasteiger partial charge in [0.25, 0.3) is 0 Å². The van der Waals surface area contributed by atoms with E-state index < -0.39 is 5.82 Å². The predicted octanol–water partition coefficient (Wildman–Crippen LogP) is 2.57. The molecule has 3 rings (SSSR count). The minimum absolute atomic E-state index is 0.122. The van der Waals surface area contributed by atoms with Crippen molar-refractivity contribution < 1.29 is 18.7 Å². The third-order valence-corrected chi connectivity index (χ3v) is 5.13. The third-order valence-electron chi connectivity index (χ3n) is 5.13. The normalized spacial score (nSPS) is 26.7. The molecule has 1 aromatic rings. The lowest BCUT2D eigenvalue weighted by Gasteiger charge is -2.32. The van der Waals surface area contributed by atoms with E-state index in [1.807, 2.05) is 4.90 Å². The first-order chi connectivity index (χ1) is 11.6. The molecule has 1 aliphatic carbocycles. The lowest BCUT2D eigenvalue weighted by Crippen LogP contribution is -2.46. The van der Waals surface area contributed by atoms with Gasteiger partial charge in [0.1, 0.15) is 11.9 Å². The highest BCUT2D eigenvalue weighted by Gasteiger charge is 2.46. The van der Waals surface area contributed by atoms with Crippen LogP contribution in [0.2, 0.25) is 0 Å². The van der Waals surface area contributed by atoms with Crippen molar-refractivity contribution in [2.75, 3.05) is 19.0 Å².